The van der Waals surface area contributed by atoms with Crippen LogP contribution in [-0.4, -0.2) is 55.9 Å². The van der Waals surface area contributed by atoms with Gasteiger partial charge in [-0.15, -0.1) is 0 Å². The Morgan fingerprint density at radius 3 is 1.73 bits per heavy atom. The van der Waals surface area contributed by atoms with E-state index in [0.29, 0.717) is 45.3 Å². The Hall–Kier alpha value is -2.39. The van der Waals surface area contributed by atoms with Crippen LogP contribution >= 0.6 is 46.4 Å². The fourth-order valence-corrected chi connectivity index (χ4v) is 3.72. The van der Waals surface area contributed by atoms with Gasteiger partial charge in [0.25, 0.3) is 0 Å². The number of hydrogen-bond acceptors (Lipinski definition) is 8. The second kappa shape index (κ2) is 16.9. The van der Waals surface area contributed by atoms with E-state index >= 15 is 0 Å². The molecule has 0 fully saturated rings. The second-order valence-corrected chi connectivity index (χ2v) is 12.5. The third-order valence-electron chi connectivity index (χ3n) is 4.82. The predicted molar refractivity (Wildman–Crippen MR) is 167 cm³/mol. The number of hydrogen-bond donors (Lipinski definition) is 1. The van der Waals surface area contributed by atoms with Crippen LogP contribution in [0.2, 0.25) is 20.1 Å². The Kier molecular flexibility index (Phi) is 15.1. The molecule has 0 amide bonds. The number of anilines is 2. The van der Waals surface area contributed by atoms with E-state index in [0.717, 1.165) is 5.69 Å². The van der Waals surface area contributed by atoms with Crippen molar-refractivity contribution in [2.45, 2.75) is 65.6 Å². The summed E-state index contributed by atoms with van der Waals surface area (Å²) in [6, 6.07) is 10.2. The van der Waals surface area contributed by atoms with Crippen molar-refractivity contribution in [1.82, 2.24) is 0 Å². The van der Waals surface area contributed by atoms with Crippen LogP contribution in [0.3, 0.4) is 0 Å². The van der Waals surface area contributed by atoms with E-state index in [1.54, 1.807) is 56.0 Å². The minimum atomic E-state index is -0.548. The molecule has 0 aliphatic carbocycles. The normalized spacial score (nSPS) is 11.1. The first kappa shape index (κ1) is 36.6. The smallest absolute Gasteiger partial charge is 0.325 e. The van der Waals surface area contributed by atoms with Gasteiger partial charge in [0, 0.05) is 24.5 Å². The molecule has 0 bridgehead atoms. The van der Waals surface area contributed by atoms with Crippen LogP contribution < -0.4 is 10.2 Å². The van der Waals surface area contributed by atoms with Crippen molar-refractivity contribution >= 4 is 75.7 Å². The van der Waals surface area contributed by atoms with E-state index < -0.39 is 17.2 Å². The lowest BCUT2D eigenvalue weighted by atomic mass is 10.2. The van der Waals surface area contributed by atoms with Gasteiger partial charge in [0.2, 0.25) is 0 Å². The van der Waals surface area contributed by atoms with Gasteiger partial charge in [-0.25, -0.2) is 0 Å². The van der Waals surface area contributed by atoms with Crippen LogP contribution in [0.25, 0.3) is 0 Å². The van der Waals surface area contributed by atoms with Crippen LogP contribution in [0.15, 0.2) is 36.4 Å². The second-order valence-electron chi connectivity index (χ2n) is 10.8. The first-order chi connectivity index (χ1) is 18.9. The Bertz CT molecular complexity index is 1180. The standard InChI is InChI=1S/C16H21Cl2NO4.C13H17Cl2NO2/c1-16(2,3)23-14(20)7-8-19(10-15(21)22-4)11-5-6-12(17)13(18)9-11;1-13(2,3)18-12(17)6-7-16-9-4-5-10(14)11(15)8-9/h5-6,9H,7-8,10H2,1-4H3;4-5,8,16H,6-7H2,1-3H3. The molecule has 0 aromatic heterocycles. The van der Waals surface area contributed by atoms with Crippen molar-refractivity contribution in [1.29, 1.82) is 0 Å². The Morgan fingerprint density at radius 1 is 0.732 bits per heavy atom. The number of carbonyl (C=O) groups excluding carboxylic acids is 3. The van der Waals surface area contributed by atoms with Crippen molar-refractivity contribution in [2.24, 2.45) is 0 Å². The summed E-state index contributed by atoms with van der Waals surface area (Å²) in [6.45, 7) is 11.7. The molecule has 0 saturated heterocycles. The molecule has 1 N–H and O–H groups in total. The van der Waals surface area contributed by atoms with Crippen LogP contribution in [0.4, 0.5) is 11.4 Å². The molecule has 2 rings (SSSR count). The third kappa shape index (κ3) is 16.0. The van der Waals surface area contributed by atoms with Crippen molar-refractivity contribution in [3.63, 3.8) is 0 Å². The van der Waals surface area contributed by atoms with Gasteiger partial charge in [0.1, 0.15) is 17.7 Å². The van der Waals surface area contributed by atoms with Gasteiger partial charge >= 0.3 is 17.9 Å². The van der Waals surface area contributed by atoms with Gasteiger partial charge in [0.05, 0.1) is 40.0 Å². The number of esters is 3. The van der Waals surface area contributed by atoms with E-state index in [1.807, 2.05) is 26.8 Å². The summed E-state index contributed by atoms with van der Waals surface area (Å²) in [5.74, 6) is -0.984. The third-order valence-corrected chi connectivity index (χ3v) is 6.30. The fourth-order valence-electron chi connectivity index (χ4n) is 3.13. The van der Waals surface area contributed by atoms with Crippen LogP contribution in [0.5, 0.6) is 0 Å². The Morgan fingerprint density at radius 2 is 1.24 bits per heavy atom. The Labute approximate surface area is 262 Å². The molecule has 0 unspecified atom stereocenters. The molecule has 0 aliphatic heterocycles. The lowest BCUT2D eigenvalue weighted by molar-refractivity contribution is -0.155. The first-order valence-electron chi connectivity index (χ1n) is 12.8. The highest BCUT2D eigenvalue weighted by Gasteiger charge is 2.19. The lowest BCUT2D eigenvalue weighted by Crippen LogP contribution is -2.34. The highest BCUT2D eigenvalue weighted by Crippen LogP contribution is 2.28. The first-order valence-corrected chi connectivity index (χ1v) is 14.3. The maximum absolute atomic E-state index is 11.9. The number of halogens is 4. The molecule has 12 heteroatoms. The van der Waals surface area contributed by atoms with Crippen LogP contribution in [-0.2, 0) is 28.6 Å². The molecule has 8 nitrogen and oxygen atoms in total. The Balaban J connectivity index is 0.000000422. The summed E-state index contributed by atoms with van der Waals surface area (Å²) in [6.07, 6.45) is 0.437. The zero-order chi connectivity index (χ0) is 31.4. The number of nitrogens with zero attached hydrogens (tertiary/aromatic N) is 1. The van der Waals surface area contributed by atoms with Crippen LogP contribution in [0, 0.1) is 0 Å². The predicted octanol–water partition coefficient (Wildman–Crippen LogP) is 7.84. The van der Waals surface area contributed by atoms with Crippen molar-refractivity contribution in [3.05, 3.63) is 56.5 Å². The average molecular weight is 652 g/mol. The van der Waals surface area contributed by atoms with Gasteiger partial charge in [-0.3, -0.25) is 14.4 Å². The molecule has 0 radical (unpaired) electrons. The van der Waals surface area contributed by atoms with E-state index in [-0.39, 0.29) is 24.9 Å². The number of nitrogens with one attached hydrogen (secondary N) is 1. The van der Waals surface area contributed by atoms with Gasteiger partial charge in [0.15, 0.2) is 0 Å². The molecule has 2 aromatic rings. The van der Waals surface area contributed by atoms with E-state index in [9.17, 15) is 14.4 Å². The summed E-state index contributed by atoms with van der Waals surface area (Å²) in [5.41, 5.74) is 0.510. The molecule has 0 heterocycles. The van der Waals surface area contributed by atoms with Crippen molar-refractivity contribution in [2.75, 3.05) is 37.0 Å². The fraction of sp³-hybridized carbons (Fsp3) is 0.483. The number of carbonyl (C=O) groups is 3. The van der Waals surface area contributed by atoms with Crippen molar-refractivity contribution < 1.29 is 28.6 Å². The molecule has 228 valence electrons. The number of benzene rings is 2. The van der Waals surface area contributed by atoms with Gasteiger partial charge in [-0.05, 0) is 77.9 Å². The topological polar surface area (TPSA) is 94.2 Å². The number of ether oxygens (including phenoxy) is 3. The van der Waals surface area contributed by atoms with Crippen LogP contribution in [0.1, 0.15) is 54.4 Å². The molecule has 0 saturated carbocycles. The summed E-state index contributed by atoms with van der Waals surface area (Å²) in [4.78, 5) is 36.6. The average Bonchev–Trinajstić information content (AvgIpc) is 2.83. The number of rotatable bonds is 10. The highest BCUT2D eigenvalue weighted by atomic mass is 35.5. The molecule has 0 aliphatic rings. The lowest BCUT2D eigenvalue weighted by Gasteiger charge is -2.25. The van der Waals surface area contributed by atoms with Gasteiger partial charge < -0.3 is 24.4 Å². The van der Waals surface area contributed by atoms with E-state index in [1.165, 1.54) is 7.11 Å². The van der Waals surface area contributed by atoms with E-state index in [4.69, 9.17) is 55.9 Å². The minimum absolute atomic E-state index is 0.00272. The SMILES string of the molecule is CC(C)(C)OC(=O)CCNc1ccc(Cl)c(Cl)c1.COC(=O)CN(CCC(=O)OC(C)(C)C)c1ccc(Cl)c(Cl)c1. The van der Waals surface area contributed by atoms with Crippen molar-refractivity contribution in [3.8, 4) is 0 Å². The molecular weight excluding hydrogens is 614 g/mol. The molecule has 2 aromatic carbocycles. The highest BCUT2D eigenvalue weighted by molar-refractivity contribution is 6.42. The quantitative estimate of drug-likeness (QED) is 0.205. The summed E-state index contributed by atoms with van der Waals surface area (Å²) >= 11 is 23.6. The van der Waals surface area contributed by atoms with E-state index in [2.05, 4.69) is 10.1 Å². The summed E-state index contributed by atoms with van der Waals surface area (Å²) < 4.78 is 15.1. The summed E-state index contributed by atoms with van der Waals surface area (Å²) in [7, 11) is 1.31. The summed E-state index contributed by atoms with van der Waals surface area (Å²) in [5, 5.41) is 4.87. The maximum atomic E-state index is 11.9. The number of methoxy groups -OCH3 is 1. The monoisotopic (exact) mass is 650 g/mol. The molecule has 41 heavy (non-hydrogen) atoms. The molecule has 0 atom stereocenters. The largest absolute Gasteiger partial charge is 0.468 e. The zero-order valence-electron chi connectivity index (χ0n) is 24.4. The molecule has 0 spiro atoms. The van der Waals surface area contributed by atoms with Gasteiger partial charge in [-0.1, -0.05) is 46.4 Å². The molecular formula is C29H38Cl4N2O6. The van der Waals surface area contributed by atoms with Gasteiger partial charge in [-0.2, -0.15) is 0 Å². The maximum Gasteiger partial charge on any atom is 0.325 e. The minimum Gasteiger partial charge on any atom is -0.468 e. The zero-order valence-corrected chi connectivity index (χ0v) is 27.4.